The number of carboxylic acids is 1. The van der Waals surface area contributed by atoms with Gasteiger partial charge in [0.15, 0.2) is 0 Å². The molecule has 0 radical (unpaired) electrons. The largest absolute Gasteiger partial charge is 0.481 e. The summed E-state index contributed by atoms with van der Waals surface area (Å²) in [4.78, 5) is 27.5. The first kappa shape index (κ1) is 16.1. The number of rotatable bonds is 4. The molecule has 0 bridgehead atoms. The maximum atomic E-state index is 12.7. The van der Waals surface area contributed by atoms with E-state index in [1.807, 2.05) is 11.8 Å². The summed E-state index contributed by atoms with van der Waals surface area (Å²) in [6.45, 7) is 3.15. The van der Waals surface area contributed by atoms with E-state index in [9.17, 15) is 14.7 Å². The fourth-order valence-electron chi connectivity index (χ4n) is 3.45. The first-order valence-electron chi connectivity index (χ1n) is 7.90. The Kier molecular flexibility index (Phi) is 5.45. The van der Waals surface area contributed by atoms with Gasteiger partial charge in [-0.15, -0.1) is 0 Å². The zero-order chi connectivity index (χ0) is 15.4. The minimum absolute atomic E-state index is 0.0637. The van der Waals surface area contributed by atoms with E-state index < -0.39 is 11.9 Å². The number of carbonyl (C=O) groups excluding carboxylic acids is 1. The van der Waals surface area contributed by atoms with Crippen molar-refractivity contribution in [2.24, 2.45) is 5.92 Å². The van der Waals surface area contributed by atoms with Crippen LogP contribution in [0.2, 0.25) is 0 Å². The van der Waals surface area contributed by atoms with Gasteiger partial charge in [0.1, 0.15) is 5.92 Å². The van der Waals surface area contributed by atoms with Crippen molar-refractivity contribution >= 4 is 12.0 Å². The van der Waals surface area contributed by atoms with Crippen molar-refractivity contribution in [3.05, 3.63) is 0 Å². The van der Waals surface area contributed by atoms with Gasteiger partial charge in [-0.25, -0.2) is 4.79 Å². The molecule has 1 aliphatic heterocycles. The maximum absolute atomic E-state index is 12.7. The molecule has 1 saturated heterocycles. The molecule has 21 heavy (non-hydrogen) atoms. The summed E-state index contributed by atoms with van der Waals surface area (Å²) in [5, 5.41) is 9.23. The van der Waals surface area contributed by atoms with Crippen LogP contribution in [0.5, 0.6) is 0 Å². The van der Waals surface area contributed by atoms with Gasteiger partial charge in [0.25, 0.3) is 0 Å². The maximum Gasteiger partial charge on any atom is 0.320 e. The highest BCUT2D eigenvalue weighted by molar-refractivity contribution is 5.77. The Bertz CT molecular complexity index is 382. The Labute approximate surface area is 126 Å². The molecule has 2 atom stereocenters. The van der Waals surface area contributed by atoms with Gasteiger partial charge in [0.2, 0.25) is 0 Å². The predicted octanol–water partition coefficient (Wildman–Crippen LogP) is 1.79. The van der Waals surface area contributed by atoms with Gasteiger partial charge in [0, 0.05) is 19.6 Å². The Hall–Kier alpha value is -1.30. The molecule has 2 fully saturated rings. The lowest BCUT2D eigenvalue weighted by atomic mass is 9.94. The van der Waals surface area contributed by atoms with E-state index in [2.05, 4.69) is 0 Å². The van der Waals surface area contributed by atoms with E-state index in [-0.39, 0.29) is 18.7 Å². The molecule has 6 heteroatoms. The second-order valence-corrected chi connectivity index (χ2v) is 6.02. The number of hydrogen-bond acceptors (Lipinski definition) is 3. The summed E-state index contributed by atoms with van der Waals surface area (Å²) in [6.07, 6.45) is 5.69. The Morgan fingerprint density at radius 1 is 1.19 bits per heavy atom. The molecule has 0 aromatic carbocycles. The number of nitrogens with zero attached hydrogens (tertiary/aromatic N) is 2. The minimum Gasteiger partial charge on any atom is -0.481 e. The summed E-state index contributed by atoms with van der Waals surface area (Å²) in [5.41, 5.74) is 0. The molecule has 1 aliphatic carbocycles. The zero-order valence-electron chi connectivity index (χ0n) is 13.0. The highest BCUT2D eigenvalue weighted by Gasteiger charge is 2.40. The first-order chi connectivity index (χ1) is 10.1. The Morgan fingerprint density at radius 3 is 2.43 bits per heavy atom. The SMILES string of the molecule is CCN(C(=O)N(C)C1COCC1C(=O)O)C1CCCCC1. The summed E-state index contributed by atoms with van der Waals surface area (Å²) in [7, 11) is 1.70. The second kappa shape index (κ2) is 7.11. The average molecular weight is 298 g/mol. The van der Waals surface area contributed by atoms with E-state index in [4.69, 9.17) is 4.74 Å². The molecule has 2 amide bonds. The average Bonchev–Trinajstić information content (AvgIpc) is 2.98. The van der Waals surface area contributed by atoms with Crippen molar-refractivity contribution in [3.8, 4) is 0 Å². The number of carbonyl (C=O) groups is 2. The Balaban J connectivity index is 2.04. The first-order valence-corrected chi connectivity index (χ1v) is 7.90. The van der Waals surface area contributed by atoms with Crippen LogP contribution in [0.15, 0.2) is 0 Å². The molecule has 2 unspecified atom stereocenters. The monoisotopic (exact) mass is 298 g/mol. The van der Waals surface area contributed by atoms with Crippen LogP contribution in [0.25, 0.3) is 0 Å². The number of ether oxygens (including phenoxy) is 1. The summed E-state index contributed by atoms with van der Waals surface area (Å²) < 4.78 is 5.27. The molecular weight excluding hydrogens is 272 g/mol. The van der Waals surface area contributed by atoms with Crippen molar-refractivity contribution in [2.75, 3.05) is 26.8 Å². The van der Waals surface area contributed by atoms with E-state index in [0.717, 1.165) is 12.8 Å². The topological polar surface area (TPSA) is 70.1 Å². The van der Waals surface area contributed by atoms with Gasteiger partial charge in [-0.3, -0.25) is 4.79 Å². The van der Waals surface area contributed by atoms with E-state index in [0.29, 0.717) is 19.2 Å². The molecule has 1 heterocycles. The van der Waals surface area contributed by atoms with Gasteiger partial charge in [0.05, 0.1) is 19.3 Å². The number of urea groups is 1. The highest BCUT2D eigenvalue weighted by atomic mass is 16.5. The second-order valence-electron chi connectivity index (χ2n) is 6.02. The minimum atomic E-state index is -0.891. The van der Waals surface area contributed by atoms with Crippen LogP contribution >= 0.6 is 0 Å². The Morgan fingerprint density at radius 2 is 1.86 bits per heavy atom. The lowest BCUT2D eigenvalue weighted by Crippen LogP contribution is -2.53. The van der Waals surface area contributed by atoms with Gasteiger partial charge < -0.3 is 19.6 Å². The number of aliphatic carboxylic acids is 1. The standard InChI is InChI=1S/C15H26N2O4/c1-3-17(11-7-5-4-6-8-11)15(20)16(2)13-10-21-9-12(13)14(18)19/h11-13H,3-10H2,1-2H3,(H,18,19). The van der Waals surface area contributed by atoms with Crippen LogP contribution in [0, 0.1) is 5.92 Å². The van der Waals surface area contributed by atoms with Crippen molar-refractivity contribution < 1.29 is 19.4 Å². The zero-order valence-corrected chi connectivity index (χ0v) is 13.0. The van der Waals surface area contributed by atoms with Crippen LogP contribution in [-0.4, -0.2) is 65.8 Å². The molecule has 120 valence electrons. The van der Waals surface area contributed by atoms with Crippen molar-refractivity contribution in [1.82, 2.24) is 9.80 Å². The smallest absolute Gasteiger partial charge is 0.320 e. The molecule has 2 rings (SSSR count). The third-order valence-electron chi connectivity index (χ3n) is 4.77. The van der Waals surface area contributed by atoms with Gasteiger partial charge in [-0.1, -0.05) is 19.3 Å². The predicted molar refractivity (Wildman–Crippen MR) is 78.1 cm³/mol. The van der Waals surface area contributed by atoms with Crippen molar-refractivity contribution in [2.45, 2.75) is 51.1 Å². The number of likely N-dealkylation sites (N-methyl/N-ethyl adjacent to an activating group) is 1. The fourth-order valence-corrected chi connectivity index (χ4v) is 3.45. The van der Waals surface area contributed by atoms with E-state index >= 15 is 0 Å². The number of amides is 2. The number of hydrogen-bond donors (Lipinski definition) is 1. The van der Waals surface area contributed by atoms with Gasteiger partial charge in [-0.2, -0.15) is 0 Å². The number of carboxylic acid groups (broad SMARTS) is 1. The van der Waals surface area contributed by atoms with Crippen LogP contribution in [-0.2, 0) is 9.53 Å². The van der Waals surface area contributed by atoms with Crippen LogP contribution in [0.4, 0.5) is 4.79 Å². The fraction of sp³-hybridized carbons (Fsp3) is 0.867. The third kappa shape index (κ3) is 3.48. The quantitative estimate of drug-likeness (QED) is 0.859. The van der Waals surface area contributed by atoms with E-state index in [1.165, 1.54) is 19.3 Å². The molecule has 0 aromatic rings. The van der Waals surface area contributed by atoms with Crippen molar-refractivity contribution in [3.63, 3.8) is 0 Å². The molecule has 1 N–H and O–H groups in total. The molecule has 2 aliphatic rings. The normalized spacial score (nSPS) is 26.6. The van der Waals surface area contributed by atoms with Gasteiger partial charge in [-0.05, 0) is 19.8 Å². The summed E-state index contributed by atoms with van der Waals surface area (Å²) >= 11 is 0. The lowest BCUT2D eigenvalue weighted by Gasteiger charge is -2.38. The van der Waals surface area contributed by atoms with Crippen LogP contribution < -0.4 is 0 Å². The van der Waals surface area contributed by atoms with Crippen LogP contribution in [0.1, 0.15) is 39.0 Å². The van der Waals surface area contributed by atoms with Crippen molar-refractivity contribution in [1.29, 1.82) is 0 Å². The molecule has 6 nitrogen and oxygen atoms in total. The van der Waals surface area contributed by atoms with Crippen LogP contribution in [0.3, 0.4) is 0 Å². The summed E-state index contributed by atoms with van der Waals surface area (Å²) in [5.74, 6) is -1.51. The molecule has 0 aromatic heterocycles. The van der Waals surface area contributed by atoms with E-state index in [1.54, 1.807) is 11.9 Å². The van der Waals surface area contributed by atoms with Gasteiger partial charge >= 0.3 is 12.0 Å². The molecular formula is C15H26N2O4. The molecule has 0 spiro atoms. The lowest BCUT2D eigenvalue weighted by molar-refractivity contribution is -0.142. The summed E-state index contributed by atoms with van der Waals surface area (Å²) in [6, 6.07) is -0.136. The highest BCUT2D eigenvalue weighted by Crippen LogP contribution is 2.25. The third-order valence-corrected chi connectivity index (χ3v) is 4.77. The molecule has 1 saturated carbocycles.